The minimum atomic E-state index is -0.392. The highest BCUT2D eigenvalue weighted by Gasteiger charge is 2.34. The second-order valence-electron chi connectivity index (χ2n) is 5.00. The number of amides is 1. The van der Waals surface area contributed by atoms with Crippen LogP contribution >= 0.6 is 0 Å². The summed E-state index contributed by atoms with van der Waals surface area (Å²) in [5.74, 6) is -0.497. The number of anilines is 1. The van der Waals surface area contributed by atoms with Crippen LogP contribution < -0.4 is 10.6 Å². The summed E-state index contributed by atoms with van der Waals surface area (Å²) in [4.78, 5) is 16.0. The smallest absolute Gasteiger partial charge is 0.245 e. The van der Waals surface area contributed by atoms with Gasteiger partial charge in [-0.15, -0.1) is 0 Å². The van der Waals surface area contributed by atoms with Crippen LogP contribution in [0.1, 0.15) is 13.3 Å². The van der Waals surface area contributed by atoms with Gasteiger partial charge in [0.25, 0.3) is 0 Å². The molecular formula is C14H20FN3O. The Kier molecular flexibility index (Phi) is 4.17. The molecule has 0 saturated carbocycles. The number of rotatable bonds is 2. The van der Waals surface area contributed by atoms with Crippen LogP contribution in [0.2, 0.25) is 0 Å². The van der Waals surface area contributed by atoms with Crippen LogP contribution in [0.5, 0.6) is 0 Å². The Morgan fingerprint density at radius 2 is 2.11 bits per heavy atom. The van der Waals surface area contributed by atoms with Crippen molar-refractivity contribution < 1.29 is 9.18 Å². The molecule has 19 heavy (non-hydrogen) atoms. The van der Waals surface area contributed by atoms with Gasteiger partial charge in [-0.3, -0.25) is 9.69 Å². The molecule has 1 aromatic rings. The van der Waals surface area contributed by atoms with E-state index in [-0.39, 0.29) is 24.3 Å². The van der Waals surface area contributed by atoms with Crippen molar-refractivity contribution in [2.24, 2.45) is 5.73 Å². The Morgan fingerprint density at radius 3 is 2.74 bits per heavy atom. The second-order valence-corrected chi connectivity index (χ2v) is 5.00. The van der Waals surface area contributed by atoms with Crippen molar-refractivity contribution in [1.29, 1.82) is 0 Å². The van der Waals surface area contributed by atoms with Crippen molar-refractivity contribution >= 4 is 11.6 Å². The molecule has 4 nitrogen and oxygen atoms in total. The van der Waals surface area contributed by atoms with Crippen LogP contribution in [0, 0.1) is 5.82 Å². The number of para-hydroxylation sites is 1. The van der Waals surface area contributed by atoms with Crippen LogP contribution in [0.15, 0.2) is 24.3 Å². The number of carbonyl (C=O) groups is 1. The fourth-order valence-corrected chi connectivity index (χ4v) is 2.47. The summed E-state index contributed by atoms with van der Waals surface area (Å²) in [5, 5.41) is 0. The van der Waals surface area contributed by atoms with Crippen LogP contribution in [0.25, 0.3) is 0 Å². The zero-order valence-corrected chi connectivity index (χ0v) is 11.3. The molecule has 0 radical (unpaired) electrons. The Hall–Kier alpha value is -1.46. The van der Waals surface area contributed by atoms with E-state index < -0.39 is 6.04 Å². The Balaban J connectivity index is 2.36. The number of hydrogen-bond acceptors (Lipinski definition) is 3. The van der Waals surface area contributed by atoms with Gasteiger partial charge in [0, 0.05) is 19.1 Å². The number of nitrogens with zero attached hydrogens (tertiary/aromatic N) is 2. The average molecular weight is 265 g/mol. The highest BCUT2D eigenvalue weighted by atomic mass is 19.1. The molecule has 1 saturated heterocycles. The van der Waals surface area contributed by atoms with Crippen LogP contribution in [0.4, 0.5) is 10.1 Å². The van der Waals surface area contributed by atoms with Gasteiger partial charge < -0.3 is 10.6 Å². The molecule has 2 atom stereocenters. The van der Waals surface area contributed by atoms with E-state index in [1.165, 1.54) is 11.0 Å². The maximum absolute atomic E-state index is 13.9. The molecule has 1 heterocycles. The topological polar surface area (TPSA) is 49.6 Å². The van der Waals surface area contributed by atoms with E-state index in [9.17, 15) is 9.18 Å². The summed E-state index contributed by atoms with van der Waals surface area (Å²) >= 11 is 0. The van der Waals surface area contributed by atoms with Gasteiger partial charge in [0.05, 0.1) is 5.69 Å². The van der Waals surface area contributed by atoms with E-state index in [4.69, 9.17) is 5.73 Å². The molecule has 5 heteroatoms. The fraction of sp³-hybridized carbons (Fsp3) is 0.500. The second kappa shape index (κ2) is 5.67. The predicted octanol–water partition coefficient (Wildman–Crippen LogP) is 1.21. The SMILES string of the molecule is CC1CCN(c2ccccc2F)C(=O)C(CN)N1C. The number of nitrogens with two attached hydrogens (primary N) is 1. The third-order valence-corrected chi connectivity index (χ3v) is 3.87. The van der Waals surface area contributed by atoms with Crippen LogP contribution in [-0.4, -0.2) is 43.0 Å². The molecule has 1 amide bonds. The average Bonchev–Trinajstić information content (AvgIpc) is 2.50. The molecule has 2 rings (SSSR count). The maximum Gasteiger partial charge on any atom is 0.245 e. The van der Waals surface area contributed by atoms with Crippen LogP contribution in [-0.2, 0) is 4.79 Å². The number of hydrogen-bond donors (Lipinski definition) is 1. The van der Waals surface area contributed by atoms with Gasteiger partial charge in [-0.2, -0.15) is 0 Å². The molecule has 0 aromatic heterocycles. The Labute approximate surface area is 113 Å². The lowest BCUT2D eigenvalue weighted by atomic mass is 10.2. The molecular weight excluding hydrogens is 245 g/mol. The first-order chi connectivity index (χ1) is 9.06. The first kappa shape index (κ1) is 14.0. The van der Waals surface area contributed by atoms with Gasteiger partial charge in [0.1, 0.15) is 11.9 Å². The maximum atomic E-state index is 13.9. The van der Waals surface area contributed by atoms with Crippen LogP contribution in [0.3, 0.4) is 0 Å². The predicted molar refractivity (Wildman–Crippen MR) is 73.4 cm³/mol. The van der Waals surface area contributed by atoms with E-state index in [0.29, 0.717) is 12.2 Å². The van der Waals surface area contributed by atoms with Gasteiger partial charge in [0.15, 0.2) is 0 Å². The normalized spacial score (nSPS) is 25.5. The molecule has 1 aliphatic heterocycles. The Bertz CT molecular complexity index is 466. The molecule has 1 aliphatic rings. The standard InChI is InChI=1S/C14H20FN3O/c1-10-7-8-18(12-6-4-3-5-11(12)15)14(19)13(9-16)17(10)2/h3-6,10,13H,7-9,16H2,1-2H3. The Morgan fingerprint density at radius 1 is 1.42 bits per heavy atom. The van der Waals surface area contributed by atoms with E-state index >= 15 is 0 Å². The summed E-state index contributed by atoms with van der Waals surface area (Å²) in [5.41, 5.74) is 6.05. The third-order valence-electron chi connectivity index (χ3n) is 3.87. The summed E-state index contributed by atoms with van der Waals surface area (Å²) in [7, 11) is 1.89. The first-order valence-corrected chi connectivity index (χ1v) is 6.54. The zero-order chi connectivity index (χ0) is 14.0. The van der Waals surface area contributed by atoms with Crippen molar-refractivity contribution in [1.82, 2.24) is 4.90 Å². The molecule has 1 aromatic carbocycles. The molecule has 1 fully saturated rings. The number of halogens is 1. The number of benzene rings is 1. The third kappa shape index (κ3) is 2.62. The quantitative estimate of drug-likeness (QED) is 0.874. The number of carbonyl (C=O) groups excluding carboxylic acids is 1. The van der Waals surface area contributed by atoms with Gasteiger partial charge in [-0.05, 0) is 32.5 Å². The van der Waals surface area contributed by atoms with Gasteiger partial charge in [0.2, 0.25) is 5.91 Å². The van der Waals surface area contributed by atoms with E-state index in [1.54, 1.807) is 18.2 Å². The van der Waals surface area contributed by atoms with Gasteiger partial charge in [-0.1, -0.05) is 12.1 Å². The lowest BCUT2D eigenvalue weighted by molar-refractivity contribution is -0.122. The monoisotopic (exact) mass is 265 g/mol. The van der Waals surface area contributed by atoms with E-state index in [2.05, 4.69) is 6.92 Å². The summed E-state index contributed by atoms with van der Waals surface area (Å²) < 4.78 is 13.9. The largest absolute Gasteiger partial charge is 0.328 e. The lowest BCUT2D eigenvalue weighted by Crippen LogP contribution is -2.50. The summed E-state index contributed by atoms with van der Waals surface area (Å²) in [6.45, 7) is 2.81. The highest BCUT2D eigenvalue weighted by molar-refractivity contribution is 5.97. The number of likely N-dealkylation sites (N-methyl/N-ethyl adjacent to an activating group) is 1. The van der Waals surface area contributed by atoms with E-state index in [0.717, 1.165) is 6.42 Å². The zero-order valence-electron chi connectivity index (χ0n) is 11.3. The molecule has 0 aliphatic carbocycles. The minimum Gasteiger partial charge on any atom is -0.328 e. The highest BCUT2D eigenvalue weighted by Crippen LogP contribution is 2.24. The molecule has 0 bridgehead atoms. The van der Waals surface area contributed by atoms with Gasteiger partial charge >= 0.3 is 0 Å². The minimum absolute atomic E-state index is 0.126. The molecule has 2 N–H and O–H groups in total. The first-order valence-electron chi connectivity index (χ1n) is 6.54. The van der Waals surface area contributed by atoms with Crippen molar-refractivity contribution in [3.63, 3.8) is 0 Å². The van der Waals surface area contributed by atoms with Crippen molar-refractivity contribution in [3.05, 3.63) is 30.1 Å². The summed E-state index contributed by atoms with van der Waals surface area (Å²) in [6, 6.07) is 6.22. The summed E-state index contributed by atoms with van der Waals surface area (Å²) in [6.07, 6.45) is 0.799. The molecule has 0 spiro atoms. The molecule has 104 valence electrons. The lowest BCUT2D eigenvalue weighted by Gasteiger charge is -2.29. The fourth-order valence-electron chi connectivity index (χ4n) is 2.47. The van der Waals surface area contributed by atoms with Gasteiger partial charge in [-0.25, -0.2) is 4.39 Å². The van der Waals surface area contributed by atoms with E-state index in [1.807, 2.05) is 11.9 Å². The van der Waals surface area contributed by atoms with Crippen molar-refractivity contribution in [2.45, 2.75) is 25.4 Å². The van der Waals surface area contributed by atoms with Crippen molar-refractivity contribution in [2.75, 3.05) is 25.0 Å². The molecule has 2 unspecified atom stereocenters. The van der Waals surface area contributed by atoms with Crippen molar-refractivity contribution in [3.8, 4) is 0 Å².